The third-order valence-corrected chi connectivity index (χ3v) is 4.40. The van der Waals surface area contributed by atoms with Gasteiger partial charge in [0.05, 0.1) is 6.20 Å². The first-order valence-electron chi connectivity index (χ1n) is 8.95. The lowest BCUT2D eigenvalue weighted by Crippen LogP contribution is -2.47. The second-order valence-electron chi connectivity index (χ2n) is 6.22. The fraction of sp³-hybridized carbons (Fsp3) is 0.500. The lowest BCUT2D eigenvalue weighted by atomic mass is 10.2. The summed E-state index contributed by atoms with van der Waals surface area (Å²) in [5, 5.41) is 11.4. The van der Waals surface area contributed by atoms with Gasteiger partial charge in [0, 0.05) is 38.4 Å². The molecule has 0 radical (unpaired) electrons. The maximum absolute atomic E-state index is 13.1. The summed E-state index contributed by atoms with van der Waals surface area (Å²) >= 11 is 0. The van der Waals surface area contributed by atoms with Crippen LogP contribution in [-0.2, 0) is 0 Å². The van der Waals surface area contributed by atoms with E-state index >= 15 is 0 Å². The van der Waals surface area contributed by atoms with E-state index in [9.17, 15) is 4.39 Å². The van der Waals surface area contributed by atoms with Gasteiger partial charge >= 0.3 is 0 Å². The van der Waals surface area contributed by atoms with E-state index in [1.165, 1.54) is 25.0 Å². The SMILES string of the molecule is CCCCCNc1nncc(N2CCN(c3ccc(F)cc3)CC2)n1. The maximum Gasteiger partial charge on any atom is 0.244 e. The van der Waals surface area contributed by atoms with Gasteiger partial charge in [-0.15, -0.1) is 5.10 Å². The highest BCUT2D eigenvalue weighted by Crippen LogP contribution is 2.19. The van der Waals surface area contributed by atoms with Crippen LogP contribution in [0.1, 0.15) is 26.2 Å². The Balaban J connectivity index is 1.54. The van der Waals surface area contributed by atoms with E-state index in [0.717, 1.165) is 50.6 Å². The molecule has 2 aromatic rings. The number of nitrogens with zero attached hydrogens (tertiary/aromatic N) is 5. The number of hydrogen-bond donors (Lipinski definition) is 1. The summed E-state index contributed by atoms with van der Waals surface area (Å²) in [6.45, 7) is 6.50. The molecule has 1 aromatic heterocycles. The maximum atomic E-state index is 13.1. The summed E-state index contributed by atoms with van der Waals surface area (Å²) in [7, 11) is 0. The van der Waals surface area contributed by atoms with Crippen molar-refractivity contribution in [2.24, 2.45) is 0 Å². The molecule has 0 amide bonds. The molecule has 0 aliphatic carbocycles. The molecule has 1 aliphatic heterocycles. The number of nitrogens with one attached hydrogen (secondary N) is 1. The fourth-order valence-electron chi connectivity index (χ4n) is 2.94. The van der Waals surface area contributed by atoms with Gasteiger partial charge < -0.3 is 15.1 Å². The molecular weight excluding hydrogens is 319 g/mol. The van der Waals surface area contributed by atoms with Gasteiger partial charge in [-0.05, 0) is 30.7 Å². The van der Waals surface area contributed by atoms with E-state index < -0.39 is 0 Å². The highest BCUT2D eigenvalue weighted by Gasteiger charge is 2.19. The highest BCUT2D eigenvalue weighted by atomic mass is 19.1. The first kappa shape index (κ1) is 17.4. The molecule has 7 heteroatoms. The Morgan fingerprint density at radius 1 is 1.04 bits per heavy atom. The van der Waals surface area contributed by atoms with Crippen LogP contribution in [0.3, 0.4) is 0 Å². The predicted molar refractivity (Wildman–Crippen MR) is 98.7 cm³/mol. The quantitative estimate of drug-likeness (QED) is 0.780. The number of anilines is 3. The molecule has 1 aliphatic rings. The van der Waals surface area contributed by atoms with Crippen molar-refractivity contribution < 1.29 is 4.39 Å². The minimum Gasteiger partial charge on any atom is -0.368 e. The van der Waals surface area contributed by atoms with Crippen molar-refractivity contribution in [3.63, 3.8) is 0 Å². The number of aromatic nitrogens is 3. The van der Waals surface area contributed by atoms with Crippen molar-refractivity contribution in [1.29, 1.82) is 0 Å². The van der Waals surface area contributed by atoms with Crippen molar-refractivity contribution in [2.45, 2.75) is 26.2 Å². The molecular formula is C18H25FN6. The van der Waals surface area contributed by atoms with E-state index in [2.05, 4.69) is 37.2 Å². The summed E-state index contributed by atoms with van der Waals surface area (Å²) in [5.41, 5.74) is 1.06. The normalized spacial score (nSPS) is 14.6. The van der Waals surface area contributed by atoms with Crippen LogP contribution in [0.2, 0.25) is 0 Å². The molecule has 1 fully saturated rings. The standard InChI is InChI=1S/C18H25FN6/c1-2-3-4-9-20-18-22-17(14-21-23-18)25-12-10-24(11-13-25)16-7-5-15(19)6-8-16/h5-8,14H,2-4,9-13H2,1H3,(H,20,22,23). The number of unbranched alkanes of at least 4 members (excludes halogenated alkanes) is 2. The second kappa shape index (κ2) is 8.60. The van der Waals surface area contributed by atoms with Crippen LogP contribution in [0, 0.1) is 5.82 Å². The second-order valence-corrected chi connectivity index (χ2v) is 6.22. The average molecular weight is 344 g/mol. The van der Waals surface area contributed by atoms with Crippen LogP contribution < -0.4 is 15.1 Å². The Labute approximate surface area is 148 Å². The molecule has 0 saturated carbocycles. The summed E-state index contributed by atoms with van der Waals surface area (Å²) in [6, 6.07) is 6.67. The first-order valence-corrected chi connectivity index (χ1v) is 8.95. The third kappa shape index (κ3) is 4.78. The van der Waals surface area contributed by atoms with Crippen molar-refractivity contribution in [1.82, 2.24) is 15.2 Å². The number of rotatable bonds is 7. The Morgan fingerprint density at radius 3 is 2.48 bits per heavy atom. The van der Waals surface area contributed by atoms with E-state index in [1.54, 1.807) is 6.20 Å². The van der Waals surface area contributed by atoms with Gasteiger partial charge in [-0.25, -0.2) is 4.39 Å². The molecule has 6 nitrogen and oxygen atoms in total. The molecule has 25 heavy (non-hydrogen) atoms. The van der Waals surface area contributed by atoms with Gasteiger partial charge in [-0.2, -0.15) is 10.1 Å². The zero-order valence-electron chi connectivity index (χ0n) is 14.7. The van der Waals surface area contributed by atoms with Crippen molar-refractivity contribution in [3.8, 4) is 0 Å². The Kier molecular flexibility index (Phi) is 5.98. The Morgan fingerprint density at radius 2 is 1.76 bits per heavy atom. The molecule has 0 unspecified atom stereocenters. The number of benzene rings is 1. The summed E-state index contributed by atoms with van der Waals surface area (Å²) in [5.74, 6) is 1.25. The minimum absolute atomic E-state index is 0.201. The summed E-state index contributed by atoms with van der Waals surface area (Å²) < 4.78 is 13.1. The average Bonchev–Trinajstić information content (AvgIpc) is 2.66. The first-order chi connectivity index (χ1) is 12.3. The Bertz CT molecular complexity index is 655. The summed E-state index contributed by atoms with van der Waals surface area (Å²) in [4.78, 5) is 9.05. The van der Waals surface area contributed by atoms with Crippen LogP contribution in [0.5, 0.6) is 0 Å². The van der Waals surface area contributed by atoms with Gasteiger partial charge in [-0.1, -0.05) is 19.8 Å². The molecule has 1 saturated heterocycles. The molecule has 0 atom stereocenters. The van der Waals surface area contributed by atoms with Crippen LogP contribution >= 0.6 is 0 Å². The topological polar surface area (TPSA) is 57.2 Å². The predicted octanol–water partition coefficient (Wildman–Crippen LogP) is 2.94. The van der Waals surface area contributed by atoms with Crippen LogP contribution in [-0.4, -0.2) is 47.9 Å². The smallest absolute Gasteiger partial charge is 0.244 e. The summed E-state index contributed by atoms with van der Waals surface area (Å²) in [6.07, 6.45) is 5.22. The van der Waals surface area contributed by atoms with Gasteiger partial charge in [0.2, 0.25) is 5.95 Å². The lowest BCUT2D eigenvalue weighted by molar-refractivity contribution is 0.624. The number of halogens is 1. The number of piperazine rings is 1. The lowest BCUT2D eigenvalue weighted by Gasteiger charge is -2.36. The fourth-order valence-corrected chi connectivity index (χ4v) is 2.94. The molecule has 1 aromatic carbocycles. The van der Waals surface area contributed by atoms with Gasteiger partial charge in [0.25, 0.3) is 0 Å². The van der Waals surface area contributed by atoms with Gasteiger partial charge in [0.1, 0.15) is 5.82 Å². The molecule has 0 spiro atoms. The van der Waals surface area contributed by atoms with E-state index in [4.69, 9.17) is 0 Å². The Hall–Kier alpha value is -2.44. The molecule has 0 bridgehead atoms. The van der Waals surface area contributed by atoms with E-state index in [1.807, 2.05) is 12.1 Å². The van der Waals surface area contributed by atoms with E-state index in [0.29, 0.717) is 5.95 Å². The monoisotopic (exact) mass is 344 g/mol. The molecule has 134 valence electrons. The molecule has 2 heterocycles. The zero-order chi connectivity index (χ0) is 17.5. The van der Waals surface area contributed by atoms with Gasteiger partial charge in [-0.3, -0.25) is 0 Å². The highest BCUT2D eigenvalue weighted by molar-refractivity contribution is 5.49. The number of hydrogen-bond acceptors (Lipinski definition) is 6. The zero-order valence-corrected chi connectivity index (χ0v) is 14.7. The van der Waals surface area contributed by atoms with E-state index in [-0.39, 0.29) is 5.82 Å². The third-order valence-electron chi connectivity index (χ3n) is 4.40. The van der Waals surface area contributed by atoms with Crippen LogP contribution in [0.4, 0.5) is 21.8 Å². The van der Waals surface area contributed by atoms with Crippen molar-refractivity contribution >= 4 is 17.5 Å². The van der Waals surface area contributed by atoms with Crippen LogP contribution in [0.25, 0.3) is 0 Å². The van der Waals surface area contributed by atoms with Crippen molar-refractivity contribution in [2.75, 3.05) is 47.8 Å². The van der Waals surface area contributed by atoms with Crippen LogP contribution in [0.15, 0.2) is 30.5 Å². The largest absolute Gasteiger partial charge is 0.368 e. The molecule has 1 N–H and O–H groups in total. The molecule has 3 rings (SSSR count). The van der Waals surface area contributed by atoms with Crippen molar-refractivity contribution in [3.05, 3.63) is 36.3 Å². The van der Waals surface area contributed by atoms with Gasteiger partial charge in [0.15, 0.2) is 5.82 Å². The minimum atomic E-state index is -0.201.